The van der Waals surface area contributed by atoms with Gasteiger partial charge >= 0.3 is 0 Å². The van der Waals surface area contributed by atoms with Crippen LogP contribution in [0.3, 0.4) is 0 Å². The number of amides is 2. The highest BCUT2D eigenvalue weighted by Crippen LogP contribution is 2.53. The third-order valence-corrected chi connectivity index (χ3v) is 7.55. The van der Waals surface area contributed by atoms with Gasteiger partial charge in [0.05, 0.1) is 11.2 Å². The standard InChI is InChI=1S/C24H23ClF3N5O2/c25-15-9-14(1-2-16(15)26)11-29-21(34)18-10-19(33-20(32-18)17(27)12-31-33)22(35)30-13-23-3-6-24(28,7-4-23)8-5-23/h1-2,9-10,12H,3-8,11,13H2,(H,29,34)(H,30,35). The van der Waals surface area contributed by atoms with Crippen molar-refractivity contribution in [3.63, 3.8) is 0 Å². The fraction of sp³-hybridized carbons (Fsp3) is 0.417. The molecule has 3 aliphatic carbocycles. The number of hydrogen-bond acceptors (Lipinski definition) is 4. The Bertz CT molecular complexity index is 1300. The van der Waals surface area contributed by atoms with Crippen LogP contribution in [0.1, 0.15) is 65.1 Å². The first-order valence-corrected chi connectivity index (χ1v) is 11.8. The number of rotatable bonds is 6. The van der Waals surface area contributed by atoms with Gasteiger partial charge in [0.25, 0.3) is 11.8 Å². The van der Waals surface area contributed by atoms with Crippen molar-refractivity contribution in [3.05, 3.63) is 64.1 Å². The number of alkyl halides is 1. The Morgan fingerprint density at radius 2 is 1.71 bits per heavy atom. The van der Waals surface area contributed by atoms with Crippen LogP contribution >= 0.6 is 11.6 Å². The third-order valence-electron chi connectivity index (χ3n) is 7.27. The molecule has 184 valence electrons. The average Bonchev–Trinajstić information content (AvgIpc) is 3.24. The highest BCUT2D eigenvalue weighted by atomic mass is 35.5. The van der Waals surface area contributed by atoms with Crippen LogP contribution < -0.4 is 10.6 Å². The van der Waals surface area contributed by atoms with E-state index in [-0.39, 0.29) is 34.0 Å². The molecule has 1 aromatic carbocycles. The quantitative estimate of drug-likeness (QED) is 0.520. The van der Waals surface area contributed by atoms with E-state index in [2.05, 4.69) is 20.7 Å². The Labute approximate surface area is 204 Å². The maximum atomic E-state index is 14.5. The number of nitrogens with one attached hydrogen (secondary N) is 2. The van der Waals surface area contributed by atoms with Crippen LogP contribution in [0.15, 0.2) is 30.5 Å². The molecule has 0 aliphatic heterocycles. The van der Waals surface area contributed by atoms with Crippen LogP contribution in [0.5, 0.6) is 0 Å². The summed E-state index contributed by atoms with van der Waals surface area (Å²) in [6.07, 6.45) is 4.51. The van der Waals surface area contributed by atoms with Gasteiger partial charge in [-0.2, -0.15) is 5.10 Å². The summed E-state index contributed by atoms with van der Waals surface area (Å²) in [7, 11) is 0. The zero-order valence-electron chi connectivity index (χ0n) is 18.7. The lowest BCUT2D eigenvalue weighted by Crippen LogP contribution is -2.48. The average molecular weight is 506 g/mol. The molecule has 3 aliphatic rings. The lowest BCUT2D eigenvalue weighted by Gasteiger charge is -2.49. The minimum Gasteiger partial charge on any atom is -0.350 e. The van der Waals surface area contributed by atoms with Gasteiger partial charge < -0.3 is 10.6 Å². The lowest BCUT2D eigenvalue weighted by molar-refractivity contribution is -0.0327. The highest BCUT2D eigenvalue weighted by Gasteiger charge is 2.49. The van der Waals surface area contributed by atoms with Gasteiger partial charge in [0.15, 0.2) is 11.5 Å². The predicted octanol–water partition coefficient (Wildman–Crippen LogP) is 4.38. The Morgan fingerprint density at radius 1 is 1.00 bits per heavy atom. The molecule has 0 saturated heterocycles. The van der Waals surface area contributed by atoms with E-state index < -0.39 is 29.1 Å². The van der Waals surface area contributed by atoms with E-state index in [1.807, 2.05) is 0 Å². The molecule has 0 spiro atoms. The van der Waals surface area contributed by atoms with E-state index in [9.17, 15) is 22.8 Å². The van der Waals surface area contributed by atoms with Gasteiger partial charge in [0, 0.05) is 19.2 Å². The minimum atomic E-state index is -1.07. The molecule has 2 heterocycles. The number of aromatic nitrogens is 3. The number of carbonyl (C=O) groups is 2. The minimum absolute atomic E-state index is 0.0214. The van der Waals surface area contributed by atoms with Crippen molar-refractivity contribution >= 4 is 29.1 Å². The number of hydrogen-bond donors (Lipinski definition) is 2. The molecule has 2 amide bonds. The van der Waals surface area contributed by atoms with Crippen LogP contribution in [0.2, 0.25) is 5.02 Å². The van der Waals surface area contributed by atoms with Gasteiger partial charge in [-0.05, 0) is 61.6 Å². The summed E-state index contributed by atoms with van der Waals surface area (Å²) >= 11 is 5.77. The van der Waals surface area contributed by atoms with Crippen molar-refractivity contribution < 1.29 is 22.8 Å². The van der Waals surface area contributed by atoms with E-state index in [1.165, 1.54) is 24.3 Å². The molecule has 7 nitrogen and oxygen atoms in total. The maximum absolute atomic E-state index is 14.5. The molecule has 6 rings (SSSR count). The van der Waals surface area contributed by atoms with Crippen LogP contribution in [-0.2, 0) is 6.54 Å². The molecule has 3 fully saturated rings. The smallest absolute Gasteiger partial charge is 0.270 e. The lowest BCUT2D eigenvalue weighted by atomic mass is 9.59. The maximum Gasteiger partial charge on any atom is 0.270 e. The largest absolute Gasteiger partial charge is 0.350 e. The number of nitrogens with zero attached hydrogens (tertiary/aromatic N) is 3. The Balaban J connectivity index is 1.34. The van der Waals surface area contributed by atoms with Gasteiger partial charge in [-0.1, -0.05) is 17.7 Å². The predicted molar refractivity (Wildman–Crippen MR) is 122 cm³/mol. The summed E-state index contributed by atoms with van der Waals surface area (Å²) in [5, 5.41) is 9.30. The molecule has 0 unspecified atom stereocenters. The topological polar surface area (TPSA) is 88.4 Å². The molecule has 2 bridgehead atoms. The zero-order chi connectivity index (χ0) is 24.8. The summed E-state index contributed by atoms with van der Waals surface area (Å²) in [6.45, 7) is 0.385. The molecule has 11 heteroatoms. The summed E-state index contributed by atoms with van der Waals surface area (Å²) in [6, 6.07) is 5.28. The van der Waals surface area contributed by atoms with Crippen LogP contribution in [0, 0.1) is 17.0 Å². The molecule has 2 aromatic heterocycles. The molecule has 35 heavy (non-hydrogen) atoms. The molecule has 0 radical (unpaired) electrons. The van der Waals surface area contributed by atoms with Crippen molar-refractivity contribution in [3.8, 4) is 0 Å². The molecular formula is C24H23ClF3N5O2. The second kappa shape index (κ2) is 8.82. The fourth-order valence-corrected chi connectivity index (χ4v) is 5.18. The summed E-state index contributed by atoms with van der Waals surface area (Å²) < 4.78 is 43.2. The SMILES string of the molecule is O=C(NCc1ccc(F)c(Cl)c1)c1cc(C(=O)NCC23CCC(F)(CC2)CC3)n2ncc(F)c2n1. The number of carbonyl (C=O) groups excluding carboxylic acids is 2. The Hall–Kier alpha value is -3.14. The van der Waals surface area contributed by atoms with Crippen molar-refractivity contribution in [1.82, 2.24) is 25.2 Å². The molecule has 3 aromatic rings. The van der Waals surface area contributed by atoms with Crippen LogP contribution in [-0.4, -0.2) is 38.6 Å². The fourth-order valence-electron chi connectivity index (χ4n) is 4.98. The first-order chi connectivity index (χ1) is 16.7. The van der Waals surface area contributed by atoms with Crippen molar-refractivity contribution in [2.75, 3.05) is 6.54 Å². The Morgan fingerprint density at radius 3 is 2.40 bits per heavy atom. The normalized spacial score (nSPS) is 23.4. The first-order valence-electron chi connectivity index (χ1n) is 11.4. The first kappa shape index (κ1) is 23.6. The second-order valence-electron chi connectivity index (χ2n) is 9.52. The Kier molecular flexibility index (Phi) is 5.94. The molecular weight excluding hydrogens is 483 g/mol. The van der Waals surface area contributed by atoms with E-state index in [0.29, 0.717) is 50.6 Å². The van der Waals surface area contributed by atoms with E-state index in [0.717, 1.165) is 10.7 Å². The van der Waals surface area contributed by atoms with Crippen molar-refractivity contribution in [1.29, 1.82) is 0 Å². The van der Waals surface area contributed by atoms with Crippen LogP contribution in [0.25, 0.3) is 5.65 Å². The summed E-state index contributed by atoms with van der Waals surface area (Å²) in [5.74, 6) is -2.54. The van der Waals surface area contributed by atoms with E-state index in [1.54, 1.807) is 0 Å². The van der Waals surface area contributed by atoms with Gasteiger partial charge in [0.2, 0.25) is 0 Å². The number of benzene rings is 1. The summed E-state index contributed by atoms with van der Waals surface area (Å²) in [5.41, 5.74) is -1.15. The second-order valence-corrected chi connectivity index (χ2v) is 9.93. The van der Waals surface area contributed by atoms with Crippen LogP contribution in [0.4, 0.5) is 13.2 Å². The van der Waals surface area contributed by atoms with Crippen molar-refractivity contribution in [2.24, 2.45) is 5.41 Å². The number of fused-ring (bicyclic) bond motifs is 4. The highest BCUT2D eigenvalue weighted by molar-refractivity contribution is 6.30. The molecule has 0 atom stereocenters. The van der Waals surface area contributed by atoms with Gasteiger partial charge in [0.1, 0.15) is 22.9 Å². The molecule has 2 N–H and O–H groups in total. The van der Waals surface area contributed by atoms with Gasteiger partial charge in [-0.3, -0.25) is 9.59 Å². The summed E-state index contributed by atoms with van der Waals surface area (Å²) in [4.78, 5) is 29.9. The van der Waals surface area contributed by atoms with Gasteiger partial charge in [-0.25, -0.2) is 22.7 Å². The number of halogens is 4. The third kappa shape index (κ3) is 4.59. The van der Waals surface area contributed by atoms with Gasteiger partial charge in [-0.15, -0.1) is 0 Å². The molecule has 3 saturated carbocycles. The zero-order valence-corrected chi connectivity index (χ0v) is 19.5. The van der Waals surface area contributed by atoms with E-state index >= 15 is 0 Å². The van der Waals surface area contributed by atoms with Crippen molar-refractivity contribution in [2.45, 2.75) is 50.7 Å². The van der Waals surface area contributed by atoms with E-state index in [4.69, 9.17) is 11.6 Å². The monoisotopic (exact) mass is 505 g/mol.